The lowest BCUT2D eigenvalue weighted by atomic mass is 9.99. The van der Waals surface area contributed by atoms with Gasteiger partial charge in [-0.25, -0.2) is 4.39 Å². The summed E-state index contributed by atoms with van der Waals surface area (Å²) in [6.07, 6.45) is 1.40. The first-order chi connectivity index (χ1) is 14.0. The van der Waals surface area contributed by atoms with E-state index in [1.807, 2.05) is 6.07 Å². The number of aromatic nitrogens is 1. The van der Waals surface area contributed by atoms with E-state index in [9.17, 15) is 14.0 Å². The van der Waals surface area contributed by atoms with Gasteiger partial charge in [0.05, 0.1) is 23.4 Å². The van der Waals surface area contributed by atoms with Gasteiger partial charge in [-0.3, -0.25) is 14.6 Å². The molecule has 0 radical (unpaired) electrons. The molecule has 2 N–H and O–H groups in total. The van der Waals surface area contributed by atoms with Crippen molar-refractivity contribution >= 4 is 29.1 Å². The van der Waals surface area contributed by atoms with Gasteiger partial charge in [0.15, 0.2) is 0 Å². The maximum atomic E-state index is 13.7. The number of halogens is 2. The Morgan fingerprint density at radius 2 is 2.03 bits per heavy atom. The normalized spacial score (nSPS) is 14.7. The summed E-state index contributed by atoms with van der Waals surface area (Å²) < 4.78 is 13.7. The highest BCUT2D eigenvalue weighted by molar-refractivity contribution is 6.31. The molecular weight excluding hydrogens is 395 g/mol. The number of nitrogens with one attached hydrogen (secondary N) is 2. The zero-order valence-corrected chi connectivity index (χ0v) is 15.5. The predicted octanol–water partition coefficient (Wildman–Crippen LogP) is 3.83. The lowest BCUT2D eigenvalue weighted by Gasteiger charge is -2.17. The highest BCUT2D eigenvalue weighted by atomic mass is 35.5. The van der Waals surface area contributed by atoms with Crippen LogP contribution < -0.4 is 10.6 Å². The number of pyridine rings is 1. The number of nitriles is 1. The molecule has 0 saturated carbocycles. The van der Waals surface area contributed by atoms with Crippen LogP contribution in [0.1, 0.15) is 43.6 Å². The van der Waals surface area contributed by atoms with Crippen LogP contribution in [0, 0.1) is 17.1 Å². The molecule has 29 heavy (non-hydrogen) atoms. The fourth-order valence-electron chi connectivity index (χ4n) is 3.25. The lowest BCUT2D eigenvalue weighted by Crippen LogP contribution is -2.21. The number of anilines is 1. The molecule has 2 heterocycles. The van der Waals surface area contributed by atoms with Crippen LogP contribution in [-0.2, 0) is 0 Å². The lowest BCUT2D eigenvalue weighted by molar-refractivity contribution is 0.0955. The number of nitrogens with zero attached hydrogens (tertiary/aromatic N) is 2. The fraction of sp³-hybridized carbons (Fsp3) is 0.0476. The number of hydrogen-bond donors (Lipinski definition) is 2. The van der Waals surface area contributed by atoms with Crippen LogP contribution in [0.3, 0.4) is 0 Å². The summed E-state index contributed by atoms with van der Waals surface area (Å²) in [5.74, 6) is -1.70. The van der Waals surface area contributed by atoms with E-state index >= 15 is 0 Å². The zero-order chi connectivity index (χ0) is 20.5. The van der Waals surface area contributed by atoms with E-state index in [1.54, 1.807) is 30.3 Å². The average Bonchev–Trinajstić information content (AvgIpc) is 3.05. The van der Waals surface area contributed by atoms with Crippen molar-refractivity contribution in [3.63, 3.8) is 0 Å². The van der Waals surface area contributed by atoms with Crippen molar-refractivity contribution in [3.8, 4) is 6.07 Å². The minimum atomic E-state index is -0.694. The predicted molar refractivity (Wildman–Crippen MR) is 104 cm³/mol. The first kappa shape index (κ1) is 18.6. The maximum Gasteiger partial charge on any atom is 0.271 e. The zero-order valence-electron chi connectivity index (χ0n) is 14.7. The van der Waals surface area contributed by atoms with Crippen molar-refractivity contribution < 1.29 is 14.0 Å². The fourth-order valence-corrected chi connectivity index (χ4v) is 3.49. The Bertz CT molecular complexity index is 1210. The summed E-state index contributed by atoms with van der Waals surface area (Å²) in [7, 11) is 0. The van der Waals surface area contributed by atoms with E-state index in [4.69, 9.17) is 16.9 Å². The molecule has 4 rings (SSSR count). The van der Waals surface area contributed by atoms with Crippen molar-refractivity contribution in [2.45, 2.75) is 6.04 Å². The SMILES string of the molecule is N#Cc1cc(F)cc(C(=O)Nc2ccnc3c2C(c2ccccc2Cl)NC3=O)c1. The van der Waals surface area contributed by atoms with Gasteiger partial charge in [-0.05, 0) is 35.9 Å². The summed E-state index contributed by atoms with van der Waals surface area (Å²) in [4.78, 5) is 29.2. The van der Waals surface area contributed by atoms with Crippen molar-refractivity contribution in [3.05, 3.63) is 93.5 Å². The Hall–Kier alpha value is -3.76. The third-order valence-corrected chi connectivity index (χ3v) is 4.87. The van der Waals surface area contributed by atoms with Crippen molar-refractivity contribution in [1.29, 1.82) is 5.26 Å². The van der Waals surface area contributed by atoms with Gasteiger partial charge in [-0.15, -0.1) is 0 Å². The number of amides is 2. The molecule has 1 aromatic heterocycles. The van der Waals surface area contributed by atoms with Crippen LogP contribution in [0.2, 0.25) is 5.02 Å². The molecule has 8 heteroatoms. The van der Waals surface area contributed by atoms with Crippen molar-refractivity contribution in [2.75, 3.05) is 5.32 Å². The molecule has 142 valence electrons. The minimum Gasteiger partial charge on any atom is -0.340 e. The molecule has 0 aliphatic carbocycles. The van der Waals surface area contributed by atoms with E-state index in [2.05, 4.69) is 15.6 Å². The monoisotopic (exact) mass is 406 g/mol. The standard InChI is InChI=1S/C21H12ClFN4O2/c22-15-4-2-1-3-14(15)18-17-16(5-6-25-19(17)21(29)27-18)26-20(28)12-7-11(10-24)8-13(23)9-12/h1-9,18H,(H,27,29)(H,25,26,28). The second kappa shape index (κ2) is 7.34. The van der Waals surface area contributed by atoms with E-state index in [1.165, 1.54) is 12.3 Å². The molecule has 1 aliphatic rings. The molecule has 2 amide bonds. The van der Waals surface area contributed by atoms with Gasteiger partial charge in [0.2, 0.25) is 0 Å². The number of fused-ring (bicyclic) bond motifs is 1. The smallest absolute Gasteiger partial charge is 0.271 e. The molecule has 6 nitrogen and oxygen atoms in total. The highest BCUT2D eigenvalue weighted by Gasteiger charge is 2.35. The topological polar surface area (TPSA) is 94.9 Å². The Morgan fingerprint density at radius 1 is 1.24 bits per heavy atom. The molecular formula is C21H12ClFN4O2. The van der Waals surface area contributed by atoms with Gasteiger partial charge < -0.3 is 10.6 Å². The molecule has 0 spiro atoms. The number of carbonyl (C=O) groups is 2. The number of rotatable bonds is 3. The quantitative estimate of drug-likeness (QED) is 0.691. The molecule has 1 atom stereocenters. The van der Waals surface area contributed by atoms with Crippen LogP contribution in [0.4, 0.5) is 10.1 Å². The number of benzene rings is 2. The maximum absolute atomic E-state index is 13.7. The van der Waals surface area contributed by atoms with Gasteiger partial charge >= 0.3 is 0 Å². The van der Waals surface area contributed by atoms with Gasteiger partial charge in [0.1, 0.15) is 11.5 Å². The van der Waals surface area contributed by atoms with Crippen molar-refractivity contribution in [2.24, 2.45) is 0 Å². The summed E-state index contributed by atoms with van der Waals surface area (Å²) in [5.41, 5.74) is 1.65. The van der Waals surface area contributed by atoms with E-state index in [0.29, 0.717) is 21.8 Å². The van der Waals surface area contributed by atoms with Crippen LogP contribution in [0.25, 0.3) is 0 Å². The molecule has 0 bridgehead atoms. The van der Waals surface area contributed by atoms with Crippen LogP contribution >= 0.6 is 11.6 Å². The average molecular weight is 407 g/mol. The number of hydrogen-bond acceptors (Lipinski definition) is 4. The molecule has 0 saturated heterocycles. The van der Waals surface area contributed by atoms with Crippen LogP contribution in [0.5, 0.6) is 0 Å². The third kappa shape index (κ3) is 3.42. The van der Waals surface area contributed by atoms with Crippen LogP contribution in [0.15, 0.2) is 54.7 Å². The molecule has 0 fully saturated rings. The van der Waals surface area contributed by atoms with Gasteiger partial charge in [-0.1, -0.05) is 29.8 Å². The second-order valence-corrected chi connectivity index (χ2v) is 6.75. The molecule has 3 aromatic rings. The largest absolute Gasteiger partial charge is 0.340 e. The first-order valence-electron chi connectivity index (χ1n) is 8.54. The molecule has 1 aliphatic heterocycles. The summed E-state index contributed by atoms with van der Waals surface area (Å²) in [6.45, 7) is 0. The van der Waals surface area contributed by atoms with E-state index in [0.717, 1.165) is 12.1 Å². The summed E-state index contributed by atoms with van der Waals surface area (Å²) in [5, 5.41) is 14.9. The van der Waals surface area contributed by atoms with E-state index < -0.39 is 23.7 Å². The van der Waals surface area contributed by atoms with Crippen LogP contribution in [-0.4, -0.2) is 16.8 Å². The summed E-state index contributed by atoms with van der Waals surface area (Å²) in [6, 6.07) is 13.1. The molecule has 1 unspecified atom stereocenters. The molecule has 2 aromatic carbocycles. The highest BCUT2D eigenvalue weighted by Crippen LogP contribution is 2.38. The van der Waals surface area contributed by atoms with Gasteiger partial charge in [-0.2, -0.15) is 5.26 Å². The summed E-state index contributed by atoms with van der Waals surface area (Å²) >= 11 is 6.29. The minimum absolute atomic E-state index is 0.0151. The number of carbonyl (C=O) groups excluding carboxylic acids is 2. The third-order valence-electron chi connectivity index (χ3n) is 4.52. The Labute approximate surface area is 170 Å². The Morgan fingerprint density at radius 3 is 2.79 bits per heavy atom. The Kier molecular flexibility index (Phi) is 4.71. The van der Waals surface area contributed by atoms with Gasteiger partial charge in [0.25, 0.3) is 11.8 Å². The second-order valence-electron chi connectivity index (χ2n) is 6.34. The first-order valence-corrected chi connectivity index (χ1v) is 8.92. The van der Waals surface area contributed by atoms with Gasteiger partial charge in [0, 0.05) is 22.3 Å². The van der Waals surface area contributed by atoms with Crippen molar-refractivity contribution in [1.82, 2.24) is 10.3 Å². The van der Waals surface area contributed by atoms with E-state index in [-0.39, 0.29) is 16.8 Å². The Balaban J connectivity index is 1.75.